The Kier molecular flexibility index (Phi) is 4.41. The predicted octanol–water partition coefficient (Wildman–Crippen LogP) is 2.45. The molecule has 7 heteroatoms. The van der Waals surface area contributed by atoms with Crippen molar-refractivity contribution < 1.29 is 4.39 Å². The van der Waals surface area contributed by atoms with Crippen LogP contribution in [0, 0.1) is 17.9 Å². The minimum Gasteiger partial charge on any atom is -0.351 e. The quantitative estimate of drug-likeness (QED) is 0.871. The van der Waals surface area contributed by atoms with Gasteiger partial charge in [0.15, 0.2) is 5.82 Å². The normalized spacial score (nSPS) is 23.6. The lowest BCUT2D eigenvalue weighted by Gasteiger charge is -2.26. The maximum Gasteiger partial charge on any atom is 0.223 e. The van der Waals surface area contributed by atoms with Gasteiger partial charge >= 0.3 is 0 Å². The maximum absolute atomic E-state index is 14.4. The van der Waals surface area contributed by atoms with E-state index in [9.17, 15) is 4.39 Å². The van der Waals surface area contributed by atoms with E-state index in [1.165, 1.54) is 19.0 Å². The molecule has 2 heterocycles. The number of nitrogens with zero attached hydrogens (tertiary/aromatic N) is 4. The molecule has 1 radical (unpaired) electrons. The molecule has 2 aliphatic rings. The van der Waals surface area contributed by atoms with Gasteiger partial charge in [0.25, 0.3) is 0 Å². The zero-order valence-corrected chi connectivity index (χ0v) is 14.5. The van der Waals surface area contributed by atoms with E-state index < -0.39 is 5.82 Å². The summed E-state index contributed by atoms with van der Waals surface area (Å²) in [5.74, 6) is 0.709. The van der Waals surface area contributed by atoms with Crippen LogP contribution in [0.1, 0.15) is 44.2 Å². The number of aryl methyl sites for hydroxylation is 1. The summed E-state index contributed by atoms with van der Waals surface area (Å²) >= 11 is 0. The molecular weight excluding hydrogens is 319 g/mol. The zero-order valence-electron chi connectivity index (χ0n) is 14.5. The topological polar surface area (TPSA) is 81.7 Å². The van der Waals surface area contributed by atoms with Crippen LogP contribution in [-0.4, -0.2) is 31.8 Å². The monoisotopic (exact) mass is 343 g/mol. The lowest BCUT2D eigenvalue weighted by Crippen LogP contribution is -2.33. The summed E-state index contributed by atoms with van der Waals surface area (Å²) < 4.78 is 16.2. The Balaban J connectivity index is 1.57. The van der Waals surface area contributed by atoms with Crippen LogP contribution in [0.2, 0.25) is 0 Å². The Bertz CT molecular complexity index is 746. The molecule has 0 atom stereocenters. The molecule has 3 N–H and O–H groups in total. The Morgan fingerprint density at radius 3 is 2.76 bits per heavy atom. The molecule has 0 spiro atoms. The highest BCUT2D eigenvalue weighted by molar-refractivity contribution is 5.62. The van der Waals surface area contributed by atoms with Crippen LogP contribution in [0.5, 0.6) is 0 Å². The minimum absolute atomic E-state index is 0.286. The molecule has 0 saturated heterocycles. The number of nitrogens with two attached hydrogens (primary N) is 1. The van der Waals surface area contributed by atoms with Crippen LogP contribution in [-0.2, 0) is 13.5 Å². The molecule has 0 unspecified atom stereocenters. The van der Waals surface area contributed by atoms with E-state index >= 15 is 0 Å². The van der Waals surface area contributed by atoms with E-state index in [0.29, 0.717) is 23.5 Å². The van der Waals surface area contributed by atoms with Crippen LogP contribution in [0.4, 0.5) is 10.3 Å². The van der Waals surface area contributed by atoms with Gasteiger partial charge in [0.2, 0.25) is 5.95 Å². The molecule has 2 aromatic heterocycles. The van der Waals surface area contributed by atoms with Gasteiger partial charge in [0.05, 0.1) is 11.8 Å². The van der Waals surface area contributed by atoms with Crippen molar-refractivity contribution in [3.05, 3.63) is 23.9 Å². The van der Waals surface area contributed by atoms with Crippen LogP contribution in [0.3, 0.4) is 0 Å². The van der Waals surface area contributed by atoms with Crippen LogP contribution < -0.4 is 11.1 Å². The summed E-state index contributed by atoms with van der Waals surface area (Å²) in [4.78, 5) is 8.56. The standard InChI is InChI=1S/C18H24FN6/c1-25-16(8-11-2-3-11)14(9-22-25)17-15(19)10-21-18(24-17)23-13-6-4-12(20)5-7-13/h10-13H,2-8,20H2,1H3,(H,21,23,24)/t12-,13-. The number of hydrogen-bond donors (Lipinski definition) is 2. The molecule has 0 bridgehead atoms. The van der Waals surface area contributed by atoms with Crippen molar-refractivity contribution in [3.8, 4) is 11.3 Å². The van der Waals surface area contributed by atoms with Crippen molar-refractivity contribution in [1.82, 2.24) is 19.7 Å². The first-order valence-corrected chi connectivity index (χ1v) is 9.08. The zero-order chi connectivity index (χ0) is 17.4. The number of hydrogen-bond acceptors (Lipinski definition) is 5. The summed E-state index contributed by atoms with van der Waals surface area (Å²) in [6.07, 6.45) is 11.5. The second-order valence-corrected chi connectivity index (χ2v) is 7.35. The number of rotatable bonds is 5. The first-order valence-electron chi connectivity index (χ1n) is 9.08. The molecule has 2 saturated carbocycles. The molecular formula is C18H24FN6. The molecule has 0 aliphatic heterocycles. The fourth-order valence-electron chi connectivity index (χ4n) is 3.49. The number of aromatic nitrogens is 4. The fraction of sp³-hybridized carbons (Fsp3) is 0.611. The average Bonchev–Trinajstić information content (AvgIpc) is 3.35. The Labute approximate surface area is 147 Å². The van der Waals surface area contributed by atoms with Gasteiger partial charge in [0, 0.05) is 24.8 Å². The van der Waals surface area contributed by atoms with Crippen molar-refractivity contribution in [2.24, 2.45) is 18.7 Å². The van der Waals surface area contributed by atoms with Gasteiger partial charge in [-0.1, -0.05) is 0 Å². The predicted molar refractivity (Wildman–Crippen MR) is 93.3 cm³/mol. The van der Waals surface area contributed by atoms with Gasteiger partial charge in [0.1, 0.15) is 11.9 Å². The molecule has 133 valence electrons. The van der Waals surface area contributed by atoms with E-state index in [0.717, 1.165) is 37.8 Å². The van der Waals surface area contributed by atoms with Crippen molar-refractivity contribution in [3.63, 3.8) is 0 Å². The third kappa shape index (κ3) is 3.66. The Hall–Kier alpha value is -2.02. The smallest absolute Gasteiger partial charge is 0.223 e. The van der Waals surface area contributed by atoms with E-state index in [-0.39, 0.29) is 11.7 Å². The highest BCUT2D eigenvalue weighted by Gasteiger charge is 2.27. The van der Waals surface area contributed by atoms with Gasteiger partial charge in [-0.05, 0) is 50.9 Å². The molecule has 0 aromatic carbocycles. The van der Waals surface area contributed by atoms with Gasteiger partial charge in [-0.25, -0.2) is 14.4 Å². The van der Waals surface area contributed by atoms with Crippen molar-refractivity contribution in [1.29, 1.82) is 0 Å². The SMILES string of the molecule is Cn1n[c]c(-c2nc(N[C@H]3CC[C@H](N)CC3)ncc2F)c1CC1CC1. The van der Waals surface area contributed by atoms with E-state index in [1.807, 2.05) is 7.05 Å². The number of halogens is 1. The molecule has 25 heavy (non-hydrogen) atoms. The molecule has 6 nitrogen and oxygen atoms in total. The summed E-state index contributed by atoms with van der Waals surface area (Å²) in [5, 5.41) is 7.53. The second-order valence-electron chi connectivity index (χ2n) is 7.35. The largest absolute Gasteiger partial charge is 0.351 e. The highest BCUT2D eigenvalue weighted by atomic mass is 19.1. The lowest BCUT2D eigenvalue weighted by atomic mass is 9.92. The van der Waals surface area contributed by atoms with Gasteiger partial charge in [-0.2, -0.15) is 5.10 Å². The summed E-state index contributed by atoms with van der Waals surface area (Å²) in [6.45, 7) is 0. The lowest BCUT2D eigenvalue weighted by molar-refractivity contribution is 0.409. The van der Waals surface area contributed by atoms with Gasteiger partial charge < -0.3 is 11.1 Å². The first-order chi connectivity index (χ1) is 12.1. The fourth-order valence-corrected chi connectivity index (χ4v) is 3.49. The molecule has 2 aromatic rings. The Morgan fingerprint density at radius 1 is 1.28 bits per heavy atom. The van der Waals surface area contributed by atoms with E-state index in [2.05, 4.69) is 26.6 Å². The van der Waals surface area contributed by atoms with Crippen molar-refractivity contribution >= 4 is 5.95 Å². The minimum atomic E-state index is -0.433. The molecule has 4 rings (SSSR count). The van der Waals surface area contributed by atoms with E-state index in [4.69, 9.17) is 5.73 Å². The first kappa shape index (κ1) is 16.4. The third-order valence-corrected chi connectivity index (χ3v) is 5.26. The van der Waals surface area contributed by atoms with Crippen LogP contribution in [0.15, 0.2) is 6.20 Å². The van der Waals surface area contributed by atoms with Crippen molar-refractivity contribution in [2.45, 2.75) is 57.0 Å². The average molecular weight is 343 g/mol. The summed E-state index contributed by atoms with van der Waals surface area (Å²) in [5.41, 5.74) is 7.89. The molecule has 2 fully saturated rings. The number of anilines is 1. The van der Waals surface area contributed by atoms with Gasteiger partial charge in [-0.15, -0.1) is 0 Å². The van der Waals surface area contributed by atoms with Crippen LogP contribution in [0.25, 0.3) is 11.3 Å². The number of nitrogens with one attached hydrogen (secondary N) is 1. The molecule has 0 amide bonds. The summed E-state index contributed by atoms with van der Waals surface area (Å²) in [7, 11) is 1.88. The van der Waals surface area contributed by atoms with Gasteiger partial charge in [-0.3, -0.25) is 4.68 Å². The maximum atomic E-state index is 14.4. The molecule has 2 aliphatic carbocycles. The van der Waals surface area contributed by atoms with Crippen molar-refractivity contribution in [2.75, 3.05) is 5.32 Å². The summed E-state index contributed by atoms with van der Waals surface area (Å²) in [6, 6.07) is 0.583. The van der Waals surface area contributed by atoms with E-state index in [1.54, 1.807) is 4.68 Å². The van der Waals surface area contributed by atoms with Crippen LogP contribution >= 0.6 is 0 Å². The Morgan fingerprint density at radius 2 is 2.04 bits per heavy atom. The second kappa shape index (κ2) is 6.71. The highest BCUT2D eigenvalue weighted by Crippen LogP contribution is 2.35. The third-order valence-electron chi connectivity index (χ3n) is 5.26.